The molecule has 0 saturated heterocycles. The number of anilines is 2. The van der Waals surface area contributed by atoms with Gasteiger partial charge in [0.05, 0.1) is 18.9 Å². The molecule has 0 bridgehead atoms. The summed E-state index contributed by atoms with van der Waals surface area (Å²) in [6.45, 7) is 5.67. The van der Waals surface area contributed by atoms with Gasteiger partial charge >= 0.3 is 0 Å². The number of aliphatic imine (C=N–C) groups is 1. The fourth-order valence-corrected chi connectivity index (χ4v) is 2.59. The lowest BCUT2D eigenvalue weighted by molar-refractivity contribution is 0.332. The molecular weight excluding hydrogens is 340 g/mol. The zero-order valence-electron chi connectivity index (χ0n) is 16.7. The summed E-state index contributed by atoms with van der Waals surface area (Å²) in [5, 5.41) is 3.12. The molecule has 0 unspecified atom stereocenters. The van der Waals surface area contributed by atoms with Crippen LogP contribution in [0, 0.1) is 0 Å². The van der Waals surface area contributed by atoms with Crippen LogP contribution in [0.1, 0.15) is 19.4 Å². The van der Waals surface area contributed by atoms with E-state index in [-0.39, 0.29) is 0 Å². The van der Waals surface area contributed by atoms with Crippen LogP contribution in [-0.4, -0.2) is 39.8 Å². The highest BCUT2D eigenvalue weighted by molar-refractivity contribution is 5.94. The average Bonchev–Trinajstić information content (AvgIpc) is 2.64. The van der Waals surface area contributed by atoms with Crippen molar-refractivity contribution in [2.45, 2.75) is 20.3 Å². The molecule has 6 heteroatoms. The lowest BCUT2D eigenvalue weighted by atomic mass is 10.1. The third-order valence-electron chi connectivity index (χ3n) is 3.96. The summed E-state index contributed by atoms with van der Waals surface area (Å²) < 4.78 is 11.2. The fourth-order valence-electron chi connectivity index (χ4n) is 2.59. The molecule has 0 aromatic heterocycles. The van der Waals surface area contributed by atoms with Crippen molar-refractivity contribution in [3.05, 3.63) is 48.0 Å². The molecule has 0 heterocycles. The second-order valence-electron chi connectivity index (χ2n) is 6.23. The molecule has 0 radical (unpaired) electrons. The Morgan fingerprint density at radius 3 is 2.37 bits per heavy atom. The van der Waals surface area contributed by atoms with Crippen molar-refractivity contribution in [1.82, 2.24) is 0 Å². The van der Waals surface area contributed by atoms with E-state index < -0.39 is 0 Å². The van der Waals surface area contributed by atoms with Gasteiger partial charge in [0, 0.05) is 32.4 Å². The van der Waals surface area contributed by atoms with Gasteiger partial charge in [-0.05, 0) is 50.1 Å². The van der Waals surface area contributed by atoms with E-state index in [0.717, 1.165) is 23.6 Å². The highest BCUT2D eigenvalue weighted by atomic mass is 16.5. The highest BCUT2D eigenvalue weighted by Gasteiger charge is 2.07. The monoisotopic (exact) mass is 370 g/mol. The van der Waals surface area contributed by atoms with Gasteiger partial charge in [0.1, 0.15) is 11.5 Å². The lowest BCUT2D eigenvalue weighted by Crippen LogP contribution is -2.23. The van der Waals surface area contributed by atoms with E-state index in [4.69, 9.17) is 15.2 Å². The molecule has 0 fully saturated rings. The highest BCUT2D eigenvalue weighted by Crippen LogP contribution is 2.29. The lowest BCUT2D eigenvalue weighted by Gasteiger charge is -2.14. The van der Waals surface area contributed by atoms with Crippen LogP contribution in [0.5, 0.6) is 11.5 Å². The summed E-state index contributed by atoms with van der Waals surface area (Å²) in [5.74, 6) is 1.84. The normalized spacial score (nSPS) is 11.2. The number of nitrogens with one attached hydrogen (secondary N) is 1. The van der Waals surface area contributed by atoms with Gasteiger partial charge in [-0.25, -0.2) is 0 Å². The van der Waals surface area contributed by atoms with Crippen molar-refractivity contribution in [2.24, 2.45) is 10.7 Å². The largest absolute Gasteiger partial charge is 0.494 e. The second-order valence-corrected chi connectivity index (χ2v) is 6.23. The SMILES string of the molecule is CCOc1ccc(OCC)c(NC(N)=NCCc2ccc(N(C)C)cc2)c1. The van der Waals surface area contributed by atoms with E-state index in [0.29, 0.717) is 25.7 Å². The molecule has 146 valence electrons. The third kappa shape index (κ3) is 6.40. The molecule has 0 aliphatic rings. The molecule has 27 heavy (non-hydrogen) atoms. The second kappa shape index (κ2) is 10.3. The molecule has 0 spiro atoms. The van der Waals surface area contributed by atoms with Crippen LogP contribution in [0.4, 0.5) is 11.4 Å². The van der Waals surface area contributed by atoms with E-state index in [1.165, 1.54) is 11.3 Å². The first-order valence-corrected chi connectivity index (χ1v) is 9.26. The Morgan fingerprint density at radius 1 is 1.04 bits per heavy atom. The van der Waals surface area contributed by atoms with Crippen LogP contribution in [-0.2, 0) is 6.42 Å². The minimum Gasteiger partial charge on any atom is -0.494 e. The maximum absolute atomic E-state index is 6.06. The van der Waals surface area contributed by atoms with Gasteiger partial charge in [-0.1, -0.05) is 12.1 Å². The fraction of sp³-hybridized carbons (Fsp3) is 0.381. The quantitative estimate of drug-likeness (QED) is 0.522. The zero-order chi connectivity index (χ0) is 19.6. The number of hydrogen-bond acceptors (Lipinski definition) is 4. The maximum Gasteiger partial charge on any atom is 0.193 e. The molecule has 3 N–H and O–H groups in total. The van der Waals surface area contributed by atoms with E-state index in [9.17, 15) is 0 Å². The molecule has 2 aromatic carbocycles. The number of nitrogens with two attached hydrogens (primary N) is 1. The van der Waals surface area contributed by atoms with Crippen molar-refractivity contribution in [1.29, 1.82) is 0 Å². The summed E-state index contributed by atoms with van der Waals surface area (Å²) in [5.41, 5.74) is 9.22. The molecule has 0 aliphatic carbocycles. The van der Waals surface area contributed by atoms with E-state index >= 15 is 0 Å². The summed E-state index contributed by atoms with van der Waals surface area (Å²) in [6, 6.07) is 14.1. The van der Waals surface area contributed by atoms with Crippen molar-refractivity contribution < 1.29 is 9.47 Å². The average molecular weight is 370 g/mol. The minimum atomic E-state index is 0.356. The van der Waals surface area contributed by atoms with E-state index in [2.05, 4.69) is 39.5 Å². The summed E-state index contributed by atoms with van der Waals surface area (Å²) >= 11 is 0. The molecular formula is C21H30N4O2. The standard InChI is InChI=1S/C21H30N4O2/c1-5-26-18-11-12-20(27-6-2)19(15-18)24-21(22)23-14-13-16-7-9-17(10-8-16)25(3)4/h7-12,15H,5-6,13-14H2,1-4H3,(H3,22,23,24). The maximum atomic E-state index is 6.06. The Balaban J connectivity index is 1.98. The predicted molar refractivity (Wildman–Crippen MR) is 113 cm³/mol. The summed E-state index contributed by atoms with van der Waals surface area (Å²) in [4.78, 5) is 6.51. The van der Waals surface area contributed by atoms with Crippen LogP contribution in [0.25, 0.3) is 0 Å². The number of hydrogen-bond donors (Lipinski definition) is 2. The molecule has 2 aromatic rings. The van der Waals surface area contributed by atoms with Crippen LogP contribution in [0.15, 0.2) is 47.5 Å². The van der Waals surface area contributed by atoms with E-state index in [1.54, 1.807) is 0 Å². The number of guanidine groups is 1. The van der Waals surface area contributed by atoms with Crippen LogP contribution in [0.3, 0.4) is 0 Å². The van der Waals surface area contributed by atoms with Gasteiger partial charge in [0.2, 0.25) is 0 Å². The van der Waals surface area contributed by atoms with Gasteiger partial charge in [-0.15, -0.1) is 0 Å². The topological polar surface area (TPSA) is 72.1 Å². The minimum absolute atomic E-state index is 0.356. The van der Waals surface area contributed by atoms with E-state index in [1.807, 2.05) is 46.1 Å². The number of nitrogens with zero attached hydrogens (tertiary/aromatic N) is 2. The van der Waals surface area contributed by atoms with Gasteiger partial charge in [0.15, 0.2) is 5.96 Å². The van der Waals surface area contributed by atoms with Gasteiger partial charge in [0.25, 0.3) is 0 Å². The van der Waals surface area contributed by atoms with Crippen LogP contribution in [0.2, 0.25) is 0 Å². The van der Waals surface area contributed by atoms with Crippen LogP contribution >= 0.6 is 0 Å². The number of rotatable bonds is 9. The third-order valence-corrected chi connectivity index (χ3v) is 3.96. The zero-order valence-corrected chi connectivity index (χ0v) is 16.7. The van der Waals surface area contributed by atoms with Gasteiger partial charge < -0.3 is 25.4 Å². The Kier molecular flexibility index (Phi) is 7.79. The Hall–Kier alpha value is -2.89. The summed E-state index contributed by atoms with van der Waals surface area (Å²) in [6.07, 6.45) is 0.827. The first-order valence-electron chi connectivity index (χ1n) is 9.26. The van der Waals surface area contributed by atoms with Crippen molar-refractivity contribution >= 4 is 17.3 Å². The molecule has 0 saturated carbocycles. The smallest absolute Gasteiger partial charge is 0.193 e. The van der Waals surface area contributed by atoms with Gasteiger partial charge in [-0.3, -0.25) is 4.99 Å². The first-order chi connectivity index (χ1) is 13.0. The number of benzene rings is 2. The Labute approximate surface area is 162 Å². The Morgan fingerprint density at radius 2 is 1.74 bits per heavy atom. The molecule has 0 aliphatic heterocycles. The molecule has 0 atom stereocenters. The summed E-state index contributed by atoms with van der Waals surface area (Å²) in [7, 11) is 4.06. The first kappa shape index (κ1) is 20.4. The molecule has 0 amide bonds. The van der Waals surface area contributed by atoms with Crippen molar-refractivity contribution in [2.75, 3.05) is 44.1 Å². The predicted octanol–water partition coefficient (Wildman–Crippen LogP) is 3.52. The number of ether oxygens (including phenoxy) is 2. The van der Waals surface area contributed by atoms with Gasteiger partial charge in [-0.2, -0.15) is 0 Å². The molecule has 6 nitrogen and oxygen atoms in total. The van der Waals surface area contributed by atoms with Crippen LogP contribution < -0.4 is 25.4 Å². The Bertz CT molecular complexity index is 742. The molecule has 2 rings (SSSR count). The van der Waals surface area contributed by atoms with Crippen molar-refractivity contribution in [3.63, 3.8) is 0 Å². The van der Waals surface area contributed by atoms with Crippen molar-refractivity contribution in [3.8, 4) is 11.5 Å².